The molecule has 0 aliphatic heterocycles. The molecule has 0 saturated heterocycles. The molecule has 1 aromatic heterocycles. The summed E-state index contributed by atoms with van der Waals surface area (Å²) in [5, 5.41) is 21.1. The van der Waals surface area contributed by atoms with Gasteiger partial charge in [-0.15, -0.1) is 5.10 Å². The first-order chi connectivity index (χ1) is 11.4. The van der Waals surface area contributed by atoms with Gasteiger partial charge in [-0.05, 0) is 17.7 Å². The van der Waals surface area contributed by atoms with Gasteiger partial charge in [0.15, 0.2) is 5.75 Å². The Hall–Kier alpha value is -2.85. The van der Waals surface area contributed by atoms with Gasteiger partial charge < -0.3 is 10.4 Å². The monoisotopic (exact) mass is 372 g/mol. The first kappa shape index (κ1) is 17.5. The van der Waals surface area contributed by atoms with E-state index < -0.39 is 17.2 Å². The lowest BCUT2D eigenvalue weighted by atomic mass is 10.2. The number of carbonyl (C=O) groups excluding carboxylic acids is 1. The number of aromatic hydroxyl groups is 1. The van der Waals surface area contributed by atoms with Crippen LogP contribution in [0.4, 0.5) is 5.82 Å². The predicted molar refractivity (Wildman–Crippen MR) is 87.8 cm³/mol. The lowest BCUT2D eigenvalue weighted by Crippen LogP contribution is -2.31. The number of nitrogens with one attached hydrogen (secondary N) is 4. The highest BCUT2D eigenvalue weighted by Gasteiger charge is 2.06. The molecule has 0 fully saturated rings. The SMILES string of the molecule is O=C(CNc1n[nH]c(=O)[nH]c1=O)N/N=C/c1cc(Cl)c(O)c(Cl)c1. The Labute approximate surface area is 143 Å². The van der Waals surface area contributed by atoms with Crippen LogP contribution in [0.1, 0.15) is 5.56 Å². The third kappa shape index (κ3) is 4.57. The van der Waals surface area contributed by atoms with Gasteiger partial charge in [0.05, 0.1) is 22.8 Å². The number of hydrogen-bond donors (Lipinski definition) is 5. The molecule has 5 N–H and O–H groups in total. The molecule has 0 bridgehead atoms. The van der Waals surface area contributed by atoms with Crippen LogP contribution in [0.2, 0.25) is 10.0 Å². The average molecular weight is 373 g/mol. The van der Waals surface area contributed by atoms with Crippen molar-refractivity contribution in [2.24, 2.45) is 5.10 Å². The summed E-state index contributed by atoms with van der Waals surface area (Å²) in [7, 11) is 0. The molecule has 2 rings (SSSR count). The normalized spacial score (nSPS) is 10.8. The molecule has 0 saturated carbocycles. The lowest BCUT2D eigenvalue weighted by Gasteiger charge is -2.03. The summed E-state index contributed by atoms with van der Waals surface area (Å²) in [6.45, 7) is -0.309. The number of aromatic nitrogens is 3. The molecule has 0 aliphatic rings. The highest BCUT2D eigenvalue weighted by Crippen LogP contribution is 2.32. The third-order valence-corrected chi connectivity index (χ3v) is 3.15. The van der Waals surface area contributed by atoms with Crippen LogP contribution in [0, 0.1) is 0 Å². The molecule has 0 spiro atoms. The van der Waals surface area contributed by atoms with Crippen LogP contribution in [-0.4, -0.2) is 39.0 Å². The van der Waals surface area contributed by atoms with Crippen molar-refractivity contribution in [3.05, 3.63) is 48.6 Å². The zero-order valence-electron chi connectivity index (χ0n) is 11.8. The van der Waals surface area contributed by atoms with Crippen molar-refractivity contribution in [1.29, 1.82) is 0 Å². The maximum Gasteiger partial charge on any atom is 0.342 e. The van der Waals surface area contributed by atoms with E-state index in [2.05, 4.69) is 20.9 Å². The molecule has 12 heteroatoms. The number of hydrazone groups is 1. The van der Waals surface area contributed by atoms with Crippen molar-refractivity contribution >= 4 is 41.1 Å². The van der Waals surface area contributed by atoms with E-state index in [9.17, 15) is 19.5 Å². The van der Waals surface area contributed by atoms with E-state index in [1.54, 1.807) is 0 Å². The minimum atomic E-state index is -0.761. The molecule has 126 valence electrons. The fraction of sp³-hybridized carbons (Fsp3) is 0.0833. The number of hydrogen-bond acceptors (Lipinski definition) is 7. The quantitative estimate of drug-likeness (QED) is 0.368. The molecular formula is C12H10Cl2N6O4. The smallest absolute Gasteiger partial charge is 0.342 e. The highest BCUT2D eigenvalue weighted by molar-refractivity contribution is 6.37. The van der Waals surface area contributed by atoms with Crippen molar-refractivity contribution in [3.8, 4) is 5.75 Å². The Kier molecular flexibility index (Phi) is 5.55. The van der Waals surface area contributed by atoms with E-state index in [1.807, 2.05) is 10.1 Å². The number of phenolic OH excluding ortho intramolecular Hbond substituents is 1. The van der Waals surface area contributed by atoms with Crippen LogP contribution >= 0.6 is 23.2 Å². The predicted octanol–water partition coefficient (Wildman–Crippen LogP) is 0.0328. The lowest BCUT2D eigenvalue weighted by molar-refractivity contribution is -0.119. The van der Waals surface area contributed by atoms with Gasteiger partial charge in [0.2, 0.25) is 5.82 Å². The van der Waals surface area contributed by atoms with Crippen molar-refractivity contribution < 1.29 is 9.90 Å². The zero-order valence-corrected chi connectivity index (χ0v) is 13.3. The number of aromatic amines is 2. The summed E-state index contributed by atoms with van der Waals surface area (Å²) in [4.78, 5) is 35.7. The fourth-order valence-corrected chi connectivity index (χ4v) is 2.01. The number of carbonyl (C=O) groups is 1. The molecule has 0 unspecified atom stereocenters. The second kappa shape index (κ2) is 7.62. The number of rotatable bonds is 5. The standard InChI is InChI=1S/C12H10Cl2N6O4/c13-6-1-5(2-7(14)9(6)22)3-16-18-8(21)4-15-10-11(23)17-12(24)20-19-10/h1-3,22H,4H2,(H,15,19)(H,18,21)(H2,17,20,23,24)/b16-3+. The van der Waals surface area contributed by atoms with Crippen LogP contribution in [0.15, 0.2) is 26.8 Å². The van der Waals surface area contributed by atoms with Crippen LogP contribution in [0.25, 0.3) is 0 Å². The van der Waals surface area contributed by atoms with Gasteiger partial charge in [-0.3, -0.25) is 14.6 Å². The van der Waals surface area contributed by atoms with E-state index >= 15 is 0 Å². The summed E-state index contributed by atoms with van der Waals surface area (Å²) in [5.74, 6) is -1.04. The molecule has 1 amide bonds. The first-order valence-corrected chi connectivity index (χ1v) is 7.05. The Balaban J connectivity index is 1.91. The van der Waals surface area contributed by atoms with E-state index in [4.69, 9.17) is 23.2 Å². The maximum absolute atomic E-state index is 11.6. The number of phenols is 1. The molecule has 0 aliphatic carbocycles. The Morgan fingerprint density at radius 1 is 1.33 bits per heavy atom. The molecular weight excluding hydrogens is 363 g/mol. The largest absolute Gasteiger partial charge is 0.505 e. The molecule has 0 radical (unpaired) electrons. The van der Waals surface area contributed by atoms with Crippen molar-refractivity contribution in [1.82, 2.24) is 20.6 Å². The minimum Gasteiger partial charge on any atom is -0.505 e. The van der Waals surface area contributed by atoms with Gasteiger partial charge in [-0.1, -0.05) is 23.2 Å². The second-order valence-corrected chi connectivity index (χ2v) is 5.15. The summed E-state index contributed by atoms with van der Waals surface area (Å²) in [6, 6.07) is 2.81. The van der Waals surface area contributed by atoms with E-state index in [1.165, 1.54) is 18.3 Å². The van der Waals surface area contributed by atoms with E-state index in [-0.39, 0.29) is 28.2 Å². The maximum atomic E-state index is 11.6. The van der Waals surface area contributed by atoms with Gasteiger partial charge in [0, 0.05) is 0 Å². The molecule has 2 aromatic rings. The number of benzene rings is 1. The second-order valence-electron chi connectivity index (χ2n) is 4.34. The van der Waals surface area contributed by atoms with Gasteiger partial charge >= 0.3 is 5.69 Å². The minimum absolute atomic E-state index is 0.0420. The van der Waals surface area contributed by atoms with Crippen LogP contribution in [0.5, 0.6) is 5.75 Å². The number of anilines is 1. The number of H-pyrrole nitrogens is 2. The number of halogens is 2. The third-order valence-electron chi connectivity index (χ3n) is 2.57. The summed E-state index contributed by atoms with van der Waals surface area (Å²) in [6.07, 6.45) is 1.26. The van der Waals surface area contributed by atoms with Crippen LogP contribution in [-0.2, 0) is 4.79 Å². The fourth-order valence-electron chi connectivity index (χ4n) is 1.51. The van der Waals surface area contributed by atoms with Crippen molar-refractivity contribution in [2.75, 3.05) is 11.9 Å². The van der Waals surface area contributed by atoms with Crippen LogP contribution < -0.4 is 22.0 Å². The number of nitrogens with zero attached hydrogens (tertiary/aromatic N) is 2. The highest BCUT2D eigenvalue weighted by atomic mass is 35.5. The first-order valence-electron chi connectivity index (χ1n) is 6.29. The Bertz CT molecular complexity index is 884. The van der Waals surface area contributed by atoms with Gasteiger partial charge in [-0.25, -0.2) is 15.3 Å². The molecule has 10 nitrogen and oxygen atoms in total. The summed E-state index contributed by atoms with van der Waals surface area (Å²) < 4.78 is 0. The van der Waals surface area contributed by atoms with Gasteiger partial charge in [0.1, 0.15) is 0 Å². The molecule has 1 heterocycles. The molecule has 24 heavy (non-hydrogen) atoms. The van der Waals surface area contributed by atoms with E-state index in [0.29, 0.717) is 5.56 Å². The molecule has 1 aromatic carbocycles. The van der Waals surface area contributed by atoms with Gasteiger partial charge in [-0.2, -0.15) is 5.10 Å². The summed E-state index contributed by atoms with van der Waals surface area (Å²) in [5.41, 5.74) is 1.13. The summed E-state index contributed by atoms with van der Waals surface area (Å²) >= 11 is 11.5. The van der Waals surface area contributed by atoms with Crippen molar-refractivity contribution in [2.45, 2.75) is 0 Å². The topological polar surface area (TPSA) is 152 Å². The molecule has 0 atom stereocenters. The van der Waals surface area contributed by atoms with Crippen molar-refractivity contribution in [3.63, 3.8) is 0 Å². The number of amides is 1. The Morgan fingerprint density at radius 2 is 2.00 bits per heavy atom. The zero-order chi connectivity index (χ0) is 17.7. The van der Waals surface area contributed by atoms with E-state index in [0.717, 1.165) is 0 Å². The Morgan fingerprint density at radius 3 is 2.62 bits per heavy atom. The average Bonchev–Trinajstić information content (AvgIpc) is 2.51. The van der Waals surface area contributed by atoms with Crippen LogP contribution in [0.3, 0.4) is 0 Å². The van der Waals surface area contributed by atoms with Gasteiger partial charge in [0.25, 0.3) is 11.5 Å².